The SMILES string of the molecule is c1ccc(P(CCNC2CCCc3cccnc32)c2ccccc2)cc1. The van der Waals surface area contributed by atoms with Gasteiger partial charge >= 0.3 is 0 Å². The van der Waals surface area contributed by atoms with Crippen LogP contribution in [-0.4, -0.2) is 17.7 Å². The first kappa shape index (κ1) is 17.4. The number of nitrogens with zero attached hydrogens (tertiary/aromatic N) is 1. The third-order valence-electron chi connectivity index (χ3n) is 5.06. The smallest absolute Gasteiger partial charge is 0.0605 e. The van der Waals surface area contributed by atoms with Gasteiger partial charge in [-0.3, -0.25) is 4.98 Å². The topological polar surface area (TPSA) is 24.9 Å². The Bertz CT molecular complexity index is 780. The van der Waals surface area contributed by atoms with Crippen molar-refractivity contribution in [2.24, 2.45) is 0 Å². The largest absolute Gasteiger partial charge is 0.308 e. The monoisotopic (exact) mass is 360 g/mol. The van der Waals surface area contributed by atoms with Crippen molar-refractivity contribution >= 4 is 18.5 Å². The summed E-state index contributed by atoms with van der Waals surface area (Å²) in [4.78, 5) is 4.66. The van der Waals surface area contributed by atoms with E-state index in [0.717, 1.165) is 12.7 Å². The van der Waals surface area contributed by atoms with Crippen molar-refractivity contribution in [1.29, 1.82) is 0 Å². The molecule has 1 aliphatic carbocycles. The van der Waals surface area contributed by atoms with Crippen LogP contribution in [-0.2, 0) is 6.42 Å². The summed E-state index contributed by atoms with van der Waals surface area (Å²) in [6.45, 7) is 1.02. The van der Waals surface area contributed by atoms with Gasteiger partial charge in [-0.15, -0.1) is 0 Å². The van der Waals surface area contributed by atoms with Crippen LogP contribution in [0.4, 0.5) is 0 Å². The molecule has 26 heavy (non-hydrogen) atoms. The van der Waals surface area contributed by atoms with Gasteiger partial charge in [0, 0.05) is 18.8 Å². The molecule has 3 aromatic rings. The minimum absolute atomic E-state index is 0.328. The molecule has 0 bridgehead atoms. The molecule has 0 fully saturated rings. The number of nitrogens with one attached hydrogen (secondary N) is 1. The normalized spacial score (nSPS) is 16.4. The second kappa shape index (κ2) is 8.58. The van der Waals surface area contributed by atoms with Crippen LogP contribution in [0.3, 0.4) is 0 Å². The maximum absolute atomic E-state index is 4.66. The molecule has 2 nitrogen and oxygen atoms in total. The van der Waals surface area contributed by atoms with Gasteiger partial charge in [-0.05, 0) is 55.6 Å². The summed E-state index contributed by atoms with van der Waals surface area (Å²) in [6.07, 6.45) is 6.70. The number of hydrogen-bond donors (Lipinski definition) is 1. The quantitative estimate of drug-likeness (QED) is 0.667. The summed E-state index contributed by atoms with van der Waals surface area (Å²) in [7, 11) is -0.328. The molecular weight excluding hydrogens is 335 g/mol. The van der Waals surface area contributed by atoms with Gasteiger partial charge in [0.25, 0.3) is 0 Å². The Hall–Kier alpha value is -2.02. The van der Waals surface area contributed by atoms with E-state index in [1.807, 2.05) is 6.20 Å². The number of hydrogen-bond acceptors (Lipinski definition) is 2. The standard InChI is InChI=1S/C23H25N2P/c1-3-11-20(12-4-1)26(21-13-5-2-6-14-21)18-17-24-22-15-7-9-19-10-8-16-25-23(19)22/h1-6,8,10-14,16,22,24H,7,9,15,17-18H2. The molecule has 4 rings (SSSR count). The van der Waals surface area contributed by atoms with Crippen LogP contribution in [0.1, 0.15) is 30.1 Å². The molecule has 1 atom stereocenters. The summed E-state index contributed by atoms with van der Waals surface area (Å²) >= 11 is 0. The summed E-state index contributed by atoms with van der Waals surface area (Å²) in [5.74, 6) is 0. The van der Waals surface area contributed by atoms with Crippen LogP contribution in [0.5, 0.6) is 0 Å². The van der Waals surface area contributed by atoms with E-state index in [9.17, 15) is 0 Å². The summed E-state index contributed by atoms with van der Waals surface area (Å²) in [6, 6.07) is 26.6. The lowest BCUT2D eigenvalue weighted by Gasteiger charge is -2.26. The molecule has 0 aliphatic heterocycles. The van der Waals surface area contributed by atoms with E-state index in [1.165, 1.54) is 41.1 Å². The molecule has 1 aromatic heterocycles. The zero-order chi connectivity index (χ0) is 17.6. The van der Waals surface area contributed by atoms with Crippen LogP contribution >= 0.6 is 7.92 Å². The summed E-state index contributed by atoms with van der Waals surface area (Å²) in [5.41, 5.74) is 2.69. The number of fused-ring (bicyclic) bond motifs is 1. The highest BCUT2D eigenvalue weighted by Crippen LogP contribution is 2.33. The highest BCUT2D eigenvalue weighted by Gasteiger charge is 2.21. The molecule has 2 aromatic carbocycles. The first-order valence-electron chi connectivity index (χ1n) is 9.46. The number of benzene rings is 2. The first-order chi connectivity index (χ1) is 12.9. The molecule has 3 heteroatoms. The van der Waals surface area contributed by atoms with E-state index >= 15 is 0 Å². The first-order valence-corrected chi connectivity index (χ1v) is 11.0. The highest BCUT2D eigenvalue weighted by atomic mass is 31.1. The minimum atomic E-state index is -0.328. The Morgan fingerprint density at radius 1 is 0.885 bits per heavy atom. The Balaban J connectivity index is 1.46. The van der Waals surface area contributed by atoms with Gasteiger partial charge in [-0.25, -0.2) is 0 Å². The van der Waals surface area contributed by atoms with Crippen LogP contribution in [0.2, 0.25) is 0 Å². The van der Waals surface area contributed by atoms with E-state index in [2.05, 4.69) is 83.1 Å². The fourth-order valence-corrected chi connectivity index (χ4v) is 6.01. The third kappa shape index (κ3) is 4.03. The Labute approximate surface area is 157 Å². The Kier molecular flexibility index (Phi) is 5.74. The number of pyridine rings is 1. The van der Waals surface area contributed by atoms with Crippen LogP contribution in [0, 0.1) is 0 Å². The second-order valence-electron chi connectivity index (χ2n) is 6.77. The van der Waals surface area contributed by atoms with Crippen molar-refractivity contribution in [1.82, 2.24) is 10.3 Å². The maximum Gasteiger partial charge on any atom is 0.0605 e. The predicted octanol–water partition coefficient (Wildman–Crippen LogP) is 4.18. The van der Waals surface area contributed by atoms with Crippen LogP contribution in [0.15, 0.2) is 79.0 Å². The van der Waals surface area contributed by atoms with Crippen molar-refractivity contribution in [2.75, 3.05) is 12.7 Å². The van der Waals surface area contributed by atoms with Crippen molar-refractivity contribution in [3.63, 3.8) is 0 Å². The maximum atomic E-state index is 4.66. The average Bonchev–Trinajstić information content (AvgIpc) is 2.72. The van der Waals surface area contributed by atoms with Gasteiger partial charge in [-0.1, -0.05) is 66.7 Å². The highest BCUT2D eigenvalue weighted by molar-refractivity contribution is 7.73. The van der Waals surface area contributed by atoms with E-state index in [1.54, 1.807) is 0 Å². The van der Waals surface area contributed by atoms with Gasteiger partial charge in [0.1, 0.15) is 0 Å². The molecule has 132 valence electrons. The Morgan fingerprint density at radius 3 is 2.27 bits per heavy atom. The van der Waals surface area contributed by atoms with Gasteiger partial charge in [0.15, 0.2) is 0 Å². The second-order valence-corrected chi connectivity index (χ2v) is 9.11. The molecule has 0 amide bonds. The van der Waals surface area contributed by atoms with E-state index < -0.39 is 0 Å². The van der Waals surface area contributed by atoms with E-state index in [0.29, 0.717) is 6.04 Å². The van der Waals surface area contributed by atoms with Crippen molar-refractivity contribution in [3.05, 3.63) is 90.3 Å². The molecular formula is C23H25N2P. The van der Waals surface area contributed by atoms with E-state index in [4.69, 9.17) is 0 Å². The molecule has 1 aliphatic rings. The summed E-state index contributed by atoms with van der Waals surface area (Å²) < 4.78 is 0. The summed E-state index contributed by atoms with van der Waals surface area (Å²) in [5, 5.41) is 6.71. The van der Waals surface area contributed by atoms with Crippen molar-refractivity contribution < 1.29 is 0 Å². The number of aromatic nitrogens is 1. The average molecular weight is 360 g/mol. The zero-order valence-corrected chi connectivity index (χ0v) is 15.9. The third-order valence-corrected chi connectivity index (χ3v) is 7.57. The molecule has 0 saturated carbocycles. The van der Waals surface area contributed by atoms with Gasteiger partial charge < -0.3 is 5.32 Å². The Morgan fingerprint density at radius 2 is 1.58 bits per heavy atom. The molecule has 1 heterocycles. The predicted molar refractivity (Wildman–Crippen MR) is 112 cm³/mol. The van der Waals surface area contributed by atoms with Gasteiger partial charge in [-0.2, -0.15) is 0 Å². The molecule has 0 radical (unpaired) electrons. The number of rotatable bonds is 6. The lowest BCUT2D eigenvalue weighted by atomic mass is 9.92. The van der Waals surface area contributed by atoms with E-state index in [-0.39, 0.29) is 7.92 Å². The van der Waals surface area contributed by atoms with Crippen molar-refractivity contribution in [3.8, 4) is 0 Å². The molecule has 0 saturated heterocycles. The number of aryl methyl sites for hydroxylation is 1. The van der Waals surface area contributed by atoms with Gasteiger partial charge in [0.2, 0.25) is 0 Å². The molecule has 1 unspecified atom stereocenters. The molecule has 0 spiro atoms. The minimum Gasteiger partial charge on any atom is -0.308 e. The van der Waals surface area contributed by atoms with Crippen molar-refractivity contribution in [2.45, 2.75) is 25.3 Å². The van der Waals surface area contributed by atoms with Crippen LogP contribution in [0.25, 0.3) is 0 Å². The fourth-order valence-electron chi connectivity index (χ4n) is 3.78. The molecule has 1 N–H and O–H groups in total. The lowest BCUT2D eigenvalue weighted by Crippen LogP contribution is -2.29. The van der Waals surface area contributed by atoms with Gasteiger partial charge in [0.05, 0.1) is 5.69 Å². The zero-order valence-electron chi connectivity index (χ0n) is 15.0. The lowest BCUT2D eigenvalue weighted by molar-refractivity contribution is 0.461. The fraction of sp³-hybridized carbons (Fsp3) is 0.261. The van der Waals surface area contributed by atoms with Crippen LogP contribution < -0.4 is 15.9 Å².